The van der Waals surface area contributed by atoms with Crippen LogP contribution in [0.25, 0.3) is 0 Å². The maximum Gasteiger partial charge on any atom is 0.268 e. The van der Waals surface area contributed by atoms with Crippen LogP contribution < -0.4 is 4.72 Å². The zero-order chi connectivity index (χ0) is 14.8. The van der Waals surface area contributed by atoms with Gasteiger partial charge >= 0.3 is 0 Å². The Bertz CT molecular complexity index is 693. The highest BCUT2D eigenvalue weighted by atomic mass is 32.2. The maximum absolute atomic E-state index is 13.5. The second-order valence-corrected chi connectivity index (χ2v) is 5.80. The van der Waals surface area contributed by atoms with Gasteiger partial charge in [0.1, 0.15) is 11.6 Å². The Kier molecular flexibility index (Phi) is 4.03. The molecule has 2 rings (SSSR count). The fourth-order valence-electron chi connectivity index (χ4n) is 1.74. The smallest absolute Gasteiger partial charge is 0.268 e. The molecule has 0 amide bonds. The third-order valence-electron chi connectivity index (χ3n) is 2.58. The Labute approximate surface area is 115 Å². The van der Waals surface area contributed by atoms with Crippen molar-refractivity contribution in [3.63, 3.8) is 0 Å². The van der Waals surface area contributed by atoms with Crippen molar-refractivity contribution in [2.24, 2.45) is 0 Å². The quantitative estimate of drug-likeness (QED) is 0.890. The molecule has 0 bridgehead atoms. The normalized spacial score (nSPS) is 11.6. The van der Waals surface area contributed by atoms with Crippen LogP contribution in [0.5, 0.6) is 0 Å². The summed E-state index contributed by atoms with van der Waals surface area (Å²) in [4.78, 5) is -1.01. The summed E-state index contributed by atoms with van der Waals surface area (Å²) in [5, 5.41) is 6.39. The van der Waals surface area contributed by atoms with Crippen LogP contribution in [0, 0.1) is 11.6 Å². The van der Waals surface area contributed by atoms with Gasteiger partial charge in [-0.25, -0.2) is 17.2 Å². The molecule has 2 N–H and O–H groups in total. The molecule has 108 valence electrons. The van der Waals surface area contributed by atoms with Gasteiger partial charge in [-0.2, -0.15) is 5.10 Å². The molecule has 0 saturated heterocycles. The van der Waals surface area contributed by atoms with Crippen LogP contribution in [0.1, 0.15) is 19.0 Å². The topological polar surface area (TPSA) is 74.8 Å². The molecule has 0 fully saturated rings. The maximum atomic E-state index is 13.5. The number of anilines is 1. The van der Waals surface area contributed by atoms with E-state index in [4.69, 9.17) is 0 Å². The van der Waals surface area contributed by atoms with Gasteiger partial charge < -0.3 is 0 Å². The van der Waals surface area contributed by atoms with Crippen molar-refractivity contribution < 1.29 is 17.2 Å². The second-order valence-electron chi connectivity index (χ2n) is 4.18. The molecule has 8 heteroatoms. The largest absolute Gasteiger partial charge is 0.280 e. The predicted octanol–water partition coefficient (Wildman–Crippen LogP) is 2.44. The molecule has 0 saturated carbocycles. The predicted molar refractivity (Wildman–Crippen MR) is 69.7 cm³/mol. The molecule has 0 aliphatic carbocycles. The SMILES string of the molecule is CCCc1cc(NS(=O)(=O)c2c(F)cccc2F)n[nH]1. The summed E-state index contributed by atoms with van der Waals surface area (Å²) in [6, 6.07) is 4.34. The van der Waals surface area contributed by atoms with Gasteiger partial charge in [0.2, 0.25) is 0 Å². The van der Waals surface area contributed by atoms with Gasteiger partial charge in [-0.3, -0.25) is 9.82 Å². The molecule has 0 radical (unpaired) electrons. The number of aromatic amines is 1. The number of halogens is 2. The summed E-state index contributed by atoms with van der Waals surface area (Å²) < 4.78 is 53.0. The Morgan fingerprint density at radius 1 is 1.30 bits per heavy atom. The van der Waals surface area contributed by atoms with Crippen LogP contribution in [-0.2, 0) is 16.4 Å². The molecule has 1 aromatic carbocycles. The Morgan fingerprint density at radius 3 is 2.55 bits per heavy atom. The van der Waals surface area contributed by atoms with E-state index in [2.05, 4.69) is 10.2 Å². The lowest BCUT2D eigenvalue weighted by Gasteiger charge is -2.07. The lowest BCUT2D eigenvalue weighted by molar-refractivity contribution is 0.521. The monoisotopic (exact) mass is 301 g/mol. The van der Waals surface area contributed by atoms with E-state index in [9.17, 15) is 17.2 Å². The molecular formula is C12H13F2N3O2S. The number of hydrogen-bond donors (Lipinski definition) is 2. The standard InChI is InChI=1S/C12H13F2N3O2S/c1-2-4-8-7-11(16-15-8)17-20(18,19)12-9(13)5-3-6-10(12)14/h3,5-7H,2,4H2,1H3,(H2,15,16,17). The van der Waals surface area contributed by atoms with E-state index in [1.807, 2.05) is 11.6 Å². The van der Waals surface area contributed by atoms with Crippen LogP contribution in [0.2, 0.25) is 0 Å². The van der Waals surface area contributed by atoms with Crippen molar-refractivity contribution in [2.45, 2.75) is 24.7 Å². The number of aryl methyl sites for hydroxylation is 1. The lowest BCUT2D eigenvalue weighted by Crippen LogP contribution is -2.16. The molecule has 0 unspecified atom stereocenters. The van der Waals surface area contributed by atoms with E-state index in [1.165, 1.54) is 6.07 Å². The Morgan fingerprint density at radius 2 is 1.95 bits per heavy atom. The number of hydrogen-bond acceptors (Lipinski definition) is 3. The second kappa shape index (κ2) is 5.58. The zero-order valence-electron chi connectivity index (χ0n) is 10.7. The van der Waals surface area contributed by atoms with Crippen molar-refractivity contribution in [3.05, 3.63) is 41.6 Å². The highest BCUT2D eigenvalue weighted by Gasteiger charge is 2.24. The molecular weight excluding hydrogens is 288 g/mol. The Hall–Kier alpha value is -1.96. The first-order chi connectivity index (χ1) is 9.44. The van der Waals surface area contributed by atoms with Crippen molar-refractivity contribution in [1.29, 1.82) is 0 Å². The van der Waals surface area contributed by atoms with Crippen molar-refractivity contribution in [3.8, 4) is 0 Å². The fourth-order valence-corrected chi connectivity index (χ4v) is 2.87. The van der Waals surface area contributed by atoms with Crippen molar-refractivity contribution in [1.82, 2.24) is 10.2 Å². The minimum atomic E-state index is -4.36. The summed E-state index contributed by atoms with van der Waals surface area (Å²) >= 11 is 0. The number of H-pyrrole nitrogens is 1. The van der Waals surface area contributed by atoms with Crippen molar-refractivity contribution >= 4 is 15.8 Å². The van der Waals surface area contributed by atoms with Crippen LogP contribution >= 0.6 is 0 Å². The van der Waals surface area contributed by atoms with E-state index in [0.29, 0.717) is 6.42 Å². The van der Waals surface area contributed by atoms with E-state index < -0.39 is 26.6 Å². The van der Waals surface area contributed by atoms with E-state index in [1.54, 1.807) is 0 Å². The third-order valence-corrected chi connectivity index (χ3v) is 3.98. The first-order valence-corrected chi connectivity index (χ1v) is 7.43. The molecule has 0 atom stereocenters. The first kappa shape index (κ1) is 14.4. The summed E-state index contributed by atoms with van der Waals surface area (Å²) in [6.45, 7) is 1.96. The highest BCUT2D eigenvalue weighted by molar-refractivity contribution is 7.92. The summed E-state index contributed by atoms with van der Waals surface area (Å²) in [5.74, 6) is -2.31. The average Bonchev–Trinajstić information content (AvgIpc) is 2.75. The number of nitrogens with zero attached hydrogens (tertiary/aromatic N) is 1. The average molecular weight is 301 g/mol. The number of rotatable bonds is 5. The van der Waals surface area contributed by atoms with Gasteiger partial charge in [-0.05, 0) is 18.6 Å². The molecule has 5 nitrogen and oxygen atoms in total. The van der Waals surface area contributed by atoms with Gasteiger partial charge in [0.05, 0.1) is 0 Å². The van der Waals surface area contributed by atoms with Crippen molar-refractivity contribution in [2.75, 3.05) is 4.72 Å². The molecule has 20 heavy (non-hydrogen) atoms. The van der Waals surface area contributed by atoms with Crippen LogP contribution in [0.4, 0.5) is 14.6 Å². The van der Waals surface area contributed by atoms with Gasteiger partial charge in [0.25, 0.3) is 10.0 Å². The van der Waals surface area contributed by atoms with Gasteiger partial charge in [0.15, 0.2) is 10.7 Å². The van der Waals surface area contributed by atoms with Gasteiger partial charge in [0, 0.05) is 11.8 Å². The molecule has 0 aliphatic heterocycles. The fraction of sp³-hybridized carbons (Fsp3) is 0.250. The first-order valence-electron chi connectivity index (χ1n) is 5.95. The summed E-state index contributed by atoms with van der Waals surface area (Å²) in [6.07, 6.45) is 1.55. The van der Waals surface area contributed by atoms with Gasteiger partial charge in [-0.15, -0.1) is 0 Å². The third kappa shape index (κ3) is 2.96. The zero-order valence-corrected chi connectivity index (χ0v) is 11.5. The van der Waals surface area contributed by atoms with E-state index in [0.717, 1.165) is 30.3 Å². The summed E-state index contributed by atoms with van der Waals surface area (Å²) in [7, 11) is -4.36. The lowest BCUT2D eigenvalue weighted by atomic mass is 10.2. The Balaban J connectivity index is 2.31. The van der Waals surface area contributed by atoms with Gasteiger partial charge in [-0.1, -0.05) is 19.4 Å². The number of nitrogens with one attached hydrogen (secondary N) is 2. The number of sulfonamides is 1. The van der Waals surface area contributed by atoms with E-state index in [-0.39, 0.29) is 5.82 Å². The minimum absolute atomic E-state index is 0.00361. The number of benzene rings is 1. The molecule has 1 heterocycles. The van der Waals surface area contributed by atoms with Crippen LogP contribution in [0.15, 0.2) is 29.2 Å². The minimum Gasteiger partial charge on any atom is -0.280 e. The molecule has 0 aliphatic rings. The molecule has 1 aromatic heterocycles. The molecule has 0 spiro atoms. The van der Waals surface area contributed by atoms with Crippen LogP contribution in [-0.4, -0.2) is 18.6 Å². The van der Waals surface area contributed by atoms with E-state index >= 15 is 0 Å². The highest BCUT2D eigenvalue weighted by Crippen LogP contribution is 2.21. The molecule has 2 aromatic rings. The number of aromatic nitrogens is 2. The van der Waals surface area contributed by atoms with Crippen LogP contribution in [0.3, 0.4) is 0 Å². The summed E-state index contributed by atoms with van der Waals surface area (Å²) in [5.41, 5.74) is 0.735.